The van der Waals surface area contributed by atoms with E-state index in [2.05, 4.69) is 70.9 Å². The van der Waals surface area contributed by atoms with Crippen molar-refractivity contribution in [3.63, 3.8) is 0 Å². The number of hydrogen-bond acceptors (Lipinski definition) is 0. The SMILES string of the molecule is C=C=C/C=C(\C)CC=C=C(C)C/C=C1\C(C)=CCCC1(C)C. The van der Waals surface area contributed by atoms with E-state index in [1.807, 2.05) is 12.2 Å². The Labute approximate surface area is 137 Å². The summed E-state index contributed by atoms with van der Waals surface area (Å²) in [4.78, 5) is 0. The van der Waals surface area contributed by atoms with Gasteiger partial charge in [-0.25, -0.2) is 0 Å². The van der Waals surface area contributed by atoms with Crippen molar-refractivity contribution < 1.29 is 0 Å². The molecular weight excluding hydrogens is 264 g/mol. The van der Waals surface area contributed by atoms with Gasteiger partial charge in [-0.3, -0.25) is 0 Å². The van der Waals surface area contributed by atoms with Crippen molar-refractivity contribution in [3.8, 4) is 0 Å². The molecular formula is C22H30. The van der Waals surface area contributed by atoms with Crippen molar-refractivity contribution in [2.24, 2.45) is 5.41 Å². The molecule has 0 unspecified atom stereocenters. The lowest BCUT2D eigenvalue weighted by Crippen LogP contribution is -2.18. The van der Waals surface area contributed by atoms with Gasteiger partial charge in [0.2, 0.25) is 0 Å². The quantitative estimate of drug-likeness (QED) is 0.384. The van der Waals surface area contributed by atoms with Crippen LogP contribution in [0.25, 0.3) is 0 Å². The first-order chi connectivity index (χ1) is 10.4. The van der Waals surface area contributed by atoms with E-state index in [1.54, 1.807) is 0 Å². The monoisotopic (exact) mass is 294 g/mol. The summed E-state index contributed by atoms with van der Waals surface area (Å²) in [5, 5.41) is 0. The Hall–Kier alpha value is -1.74. The maximum atomic E-state index is 3.56. The Kier molecular flexibility index (Phi) is 7.19. The zero-order chi connectivity index (χ0) is 16.6. The van der Waals surface area contributed by atoms with E-state index < -0.39 is 0 Å². The van der Waals surface area contributed by atoms with Gasteiger partial charge in [0, 0.05) is 0 Å². The molecule has 0 heterocycles. The van der Waals surface area contributed by atoms with E-state index in [1.165, 1.54) is 35.1 Å². The first kappa shape index (κ1) is 18.3. The Morgan fingerprint density at radius 2 is 2.05 bits per heavy atom. The van der Waals surface area contributed by atoms with Gasteiger partial charge in [0.15, 0.2) is 0 Å². The van der Waals surface area contributed by atoms with Crippen molar-refractivity contribution in [2.45, 2.75) is 60.3 Å². The highest BCUT2D eigenvalue weighted by molar-refractivity contribution is 5.37. The van der Waals surface area contributed by atoms with E-state index in [9.17, 15) is 0 Å². The second-order valence-corrected chi connectivity index (χ2v) is 6.85. The molecule has 1 rings (SSSR count). The highest BCUT2D eigenvalue weighted by Crippen LogP contribution is 2.40. The van der Waals surface area contributed by atoms with Crippen LogP contribution in [-0.4, -0.2) is 0 Å². The first-order valence-corrected chi connectivity index (χ1v) is 8.17. The molecule has 0 saturated carbocycles. The summed E-state index contributed by atoms with van der Waals surface area (Å²) in [6, 6.07) is 0. The lowest BCUT2D eigenvalue weighted by molar-refractivity contribution is 0.403. The molecule has 22 heavy (non-hydrogen) atoms. The van der Waals surface area contributed by atoms with Gasteiger partial charge < -0.3 is 0 Å². The fraction of sp³-hybridized carbons (Fsp3) is 0.455. The van der Waals surface area contributed by atoms with E-state index in [4.69, 9.17) is 0 Å². The van der Waals surface area contributed by atoms with Gasteiger partial charge in [-0.15, -0.1) is 11.5 Å². The molecule has 118 valence electrons. The van der Waals surface area contributed by atoms with Crippen molar-refractivity contribution in [1.29, 1.82) is 0 Å². The molecule has 0 aromatic heterocycles. The normalized spacial score (nSPS) is 19.0. The third-order valence-electron chi connectivity index (χ3n) is 4.24. The molecule has 0 aromatic carbocycles. The molecule has 0 aliphatic heterocycles. The molecule has 0 spiro atoms. The topological polar surface area (TPSA) is 0 Å². The second kappa shape index (κ2) is 8.64. The highest BCUT2D eigenvalue weighted by Gasteiger charge is 2.26. The summed E-state index contributed by atoms with van der Waals surface area (Å²) in [7, 11) is 0. The van der Waals surface area contributed by atoms with Crippen LogP contribution in [0.5, 0.6) is 0 Å². The van der Waals surface area contributed by atoms with E-state index in [0.717, 1.165) is 12.8 Å². The molecule has 1 aliphatic carbocycles. The third-order valence-corrected chi connectivity index (χ3v) is 4.24. The van der Waals surface area contributed by atoms with Gasteiger partial charge in [-0.1, -0.05) is 49.8 Å². The minimum Gasteiger partial charge on any atom is -0.129 e. The Bertz CT molecular complexity index is 590. The summed E-state index contributed by atoms with van der Waals surface area (Å²) in [6.45, 7) is 14.8. The maximum absolute atomic E-state index is 3.56. The third kappa shape index (κ3) is 5.94. The van der Waals surface area contributed by atoms with E-state index in [-0.39, 0.29) is 0 Å². The predicted molar refractivity (Wildman–Crippen MR) is 98.8 cm³/mol. The van der Waals surface area contributed by atoms with Gasteiger partial charge in [-0.2, -0.15) is 0 Å². The van der Waals surface area contributed by atoms with Crippen LogP contribution >= 0.6 is 0 Å². The van der Waals surface area contributed by atoms with Crippen LogP contribution in [0.3, 0.4) is 0 Å². The standard InChI is InChI=1S/C22H30/c1-7-8-11-18(2)12-9-13-19(3)15-16-21-20(4)14-10-17-22(21,5)6/h8-9,11,14,16H,1,10,12,15,17H2,2-6H3/b18-11+,21-16+. The molecule has 1 aliphatic rings. The average molecular weight is 294 g/mol. The number of hydrogen-bond donors (Lipinski definition) is 0. The van der Waals surface area contributed by atoms with Gasteiger partial charge in [0.25, 0.3) is 0 Å². The fourth-order valence-corrected chi connectivity index (χ4v) is 2.83. The van der Waals surface area contributed by atoms with Crippen LogP contribution in [0.15, 0.2) is 70.7 Å². The summed E-state index contributed by atoms with van der Waals surface area (Å²) < 4.78 is 0. The lowest BCUT2D eigenvalue weighted by Gasteiger charge is -2.32. The Morgan fingerprint density at radius 3 is 2.68 bits per heavy atom. The zero-order valence-electron chi connectivity index (χ0n) is 14.9. The minimum atomic E-state index is 0.305. The summed E-state index contributed by atoms with van der Waals surface area (Å²) in [5.41, 5.74) is 12.0. The van der Waals surface area contributed by atoms with Crippen LogP contribution in [0.1, 0.15) is 60.3 Å². The summed E-state index contributed by atoms with van der Waals surface area (Å²) in [6.07, 6.45) is 15.1. The van der Waals surface area contributed by atoms with Crippen molar-refractivity contribution in [2.75, 3.05) is 0 Å². The highest BCUT2D eigenvalue weighted by atomic mass is 14.3. The molecule has 0 heteroatoms. The van der Waals surface area contributed by atoms with E-state index in [0.29, 0.717) is 5.41 Å². The molecule has 0 nitrogen and oxygen atoms in total. The predicted octanol–water partition coefficient (Wildman–Crippen LogP) is 6.85. The van der Waals surface area contributed by atoms with Crippen molar-refractivity contribution in [3.05, 3.63) is 70.7 Å². The molecule has 0 amide bonds. The summed E-state index contributed by atoms with van der Waals surface area (Å²) in [5.74, 6) is 0. The number of rotatable bonds is 5. The van der Waals surface area contributed by atoms with Crippen molar-refractivity contribution in [1.82, 2.24) is 0 Å². The van der Waals surface area contributed by atoms with E-state index >= 15 is 0 Å². The van der Waals surface area contributed by atoms with Crippen LogP contribution < -0.4 is 0 Å². The maximum Gasteiger partial charge on any atom is -0.00593 e. The lowest BCUT2D eigenvalue weighted by atomic mass is 9.73. The average Bonchev–Trinajstić information content (AvgIpc) is 2.43. The minimum absolute atomic E-state index is 0.305. The largest absolute Gasteiger partial charge is 0.129 e. The zero-order valence-corrected chi connectivity index (χ0v) is 14.9. The van der Waals surface area contributed by atoms with Gasteiger partial charge in [-0.05, 0) is 75.2 Å². The van der Waals surface area contributed by atoms with Crippen LogP contribution in [-0.2, 0) is 0 Å². The summed E-state index contributed by atoms with van der Waals surface area (Å²) >= 11 is 0. The van der Waals surface area contributed by atoms with Crippen LogP contribution in [0.2, 0.25) is 0 Å². The molecule has 0 aromatic rings. The van der Waals surface area contributed by atoms with Crippen LogP contribution in [0.4, 0.5) is 0 Å². The van der Waals surface area contributed by atoms with Crippen molar-refractivity contribution >= 4 is 0 Å². The number of allylic oxidation sites excluding steroid dienone is 8. The molecule has 0 atom stereocenters. The van der Waals surface area contributed by atoms with Gasteiger partial charge in [0.1, 0.15) is 0 Å². The molecule has 0 fully saturated rings. The molecule has 0 bridgehead atoms. The molecule has 0 N–H and O–H groups in total. The smallest absolute Gasteiger partial charge is 0.00593 e. The second-order valence-electron chi connectivity index (χ2n) is 6.85. The van der Waals surface area contributed by atoms with Gasteiger partial charge >= 0.3 is 0 Å². The molecule has 0 saturated heterocycles. The van der Waals surface area contributed by atoms with Crippen LogP contribution in [0, 0.1) is 5.41 Å². The molecule has 0 radical (unpaired) electrons. The Balaban J connectivity index is 2.75. The Morgan fingerprint density at radius 1 is 1.32 bits per heavy atom. The first-order valence-electron chi connectivity index (χ1n) is 8.17. The van der Waals surface area contributed by atoms with Gasteiger partial charge in [0.05, 0.1) is 0 Å². The fourth-order valence-electron chi connectivity index (χ4n) is 2.83.